The molecule has 0 spiro atoms. The monoisotopic (exact) mass is 485 g/mol. The van der Waals surface area contributed by atoms with E-state index in [0.717, 1.165) is 0 Å². The van der Waals surface area contributed by atoms with Gasteiger partial charge in [-0.1, -0.05) is 19.1 Å². The molecule has 10 heteroatoms. The number of carbonyl (C=O) groups is 3. The second-order valence-electron chi connectivity index (χ2n) is 8.47. The lowest BCUT2D eigenvalue weighted by Gasteiger charge is -2.31. The molecule has 2 N–H and O–H groups in total. The predicted molar refractivity (Wildman–Crippen MR) is 126 cm³/mol. The molecule has 2 aromatic rings. The van der Waals surface area contributed by atoms with Crippen LogP contribution in [-0.4, -0.2) is 49.5 Å². The second-order valence-corrected chi connectivity index (χ2v) is 10.4. The van der Waals surface area contributed by atoms with Crippen molar-refractivity contribution in [3.8, 4) is 5.75 Å². The number of benzene rings is 2. The highest BCUT2D eigenvalue weighted by Crippen LogP contribution is 2.34. The van der Waals surface area contributed by atoms with E-state index in [1.165, 1.54) is 23.4 Å². The standard InChI is InChI=1S/C24H27N3O6S/c1-3-21-24(30)26-20-14-19(7-8-22(20)33-21)34(31,32)27-11-9-16(10-12-27)23(29)25-18-6-4-5-17(13-18)15(2)28/h4-8,13-14,16,21H,3,9-12H2,1-2H3,(H,25,29)(H,26,30)/t21-/m0/s1. The van der Waals surface area contributed by atoms with E-state index in [1.54, 1.807) is 30.3 Å². The molecule has 2 aromatic carbocycles. The normalized spacial score (nSPS) is 19.0. The number of nitrogens with zero attached hydrogens (tertiary/aromatic N) is 1. The average molecular weight is 486 g/mol. The largest absolute Gasteiger partial charge is 0.478 e. The molecule has 0 unspecified atom stereocenters. The Morgan fingerprint density at radius 1 is 1.15 bits per heavy atom. The van der Waals surface area contributed by atoms with E-state index < -0.39 is 16.1 Å². The number of hydrogen-bond acceptors (Lipinski definition) is 6. The molecule has 2 aliphatic heterocycles. The molecule has 0 aromatic heterocycles. The quantitative estimate of drug-likeness (QED) is 0.607. The fraction of sp³-hybridized carbons (Fsp3) is 0.375. The van der Waals surface area contributed by atoms with Crippen molar-refractivity contribution in [3.63, 3.8) is 0 Å². The van der Waals surface area contributed by atoms with Gasteiger partial charge in [-0.15, -0.1) is 0 Å². The zero-order valence-corrected chi connectivity index (χ0v) is 19.9. The first-order valence-corrected chi connectivity index (χ1v) is 12.7. The van der Waals surface area contributed by atoms with Gasteiger partial charge in [0.15, 0.2) is 11.9 Å². The van der Waals surface area contributed by atoms with Crippen molar-refractivity contribution in [2.24, 2.45) is 5.92 Å². The summed E-state index contributed by atoms with van der Waals surface area (Å²) in [5, 5.41) is 5.54. The lowest BCUT2D eigenvalue weighted by atomic mass is 9.97. The van der Waals surface area contributed by atoms with Gasteiger partial charge >= 0.3 is 0 Å². The van der Waals surface area contributed by atoms with E-state index in [9.17, 15) is 22.8 Å². The van der Waals surface area contributed by atoms with E-state index in [-0.39, 0.29) is 41.5 Å². The number of nitrogens with one attached hydrogen (secondary N) is 2. The number of ether oxygens (including phenoxy) is 1. The SMILES string of the molecule is CC[C@@H]1Oc2ccc(S(=O)(=O)N3CCC(C(=O)Nc4cccc(C(C)=O)c4)CC3)cc2NC1=O. The lowest BCUT2D eigenvalue weighted by molar-refractivity contribution is -0.123. The zero-order chi connectivity index (χ0) is 24.5. The van der Waals surface area contributed by atoms with Crippen molar-refractivity contribution >= 4 is 39.0 Å². The van der Waals surface area contributed by atoms with E-state index in [4.69, 9.17) is 4.74 Å². The van der Waals surface area contributed by atoms with Crippen LogP contribution in [0.3, 0.4) is 0 Å². The molecule has 9 nitrogen and oxygen atoms in total. The van der Waals surface area contributed by atoms with Crippen LogP contribution in [0.4, 0.5) is 11.4 Å². The lowest BCUT2D eigenvalue weighted by Crippen LogP contribution is -2.41. The number of rotatable bonds is 6. The fourth-order valence-electron chi connectivity index (χ4n) is 4.13. The van der Waals surface area contributed by atoms with E-state index >= 15 is 0 Å². The number of hydrogen-bond donors (Lipinski definition) is 2. The summed E-state index contributed by atoms with van der Waals surface area (Å²) >= 11 is 0. The van der Waals surface area contributed by atoms with Crippen LogP contribution in [0, 0.1) is 5.92 Å². The molecule has 180 valence electrons. The number of carbonyl (C=O) groups excluding carboxylic acids is 3. The number of ketones is 1. The number of sulfonamides is 1. The molecule has 1 fully saturated rings. The number of Topliss-reactive ketones (excluding diaryl/α,β-unsaturated/α-hetero) is 1. The summed E-state index contributed by atoms with van der Waals surface area (Å²) in [6.07, 6.45) is 0.668. The van der Waals surface area contributed by atoms with Gasteiger partial charge in [-0.05, 0) is 56.5 Å². The first-order chi connectivity index (χ1) is 16.2. The summed E-state index contributed by atoms with van der Waals surface area (Å²) in [6.45, 7) is 3.70. The highest BCUT2D eigenvalue weighted by atomic mass is 32.2. The number of fused-ring (bicyclic) bond motifs is 1. The van der Waals surface area contributed by atoms with Crippen LogP contribution in [0.15, 0.2) is 47.4 Å². The summed E-state index contributed by atoms with van der Waals surface area (Å²) in [4.78, 5) is 36.4. The molecule has 0 saturated carbocycles. The van der Waals surface area contributed by atoms with Gasteiger partial charge in [0.2, 0.25) is 15.9 Å². The molecule has 1 atom stereocenters. The van der Waals surface area contributed by atoms with Crippen LogP contribution in [0.2, 0.25) is 0 Å². The Kier molecular flexibility index (Phi) is 6.72. The molecule has 2 heterocycles. The molecule has 2 amide bonds. The highest BCUT2D eigenvalue weighted by Gasteiger charge is 2.34. The van der Waals surface area contributed by atoms with Gasteiger partial charge < -0.3 is 15.4 Å². The van der Waals surface area contributed by atoms with Crippen LogP contribution < -0.4 is 15.4 Å². The van der Waals surface area contributed by atoms with Gasteiger partial charge in [-0.3, -0.25) is 14.4 Å². The van der Waals surface area contributed by atoms with Gasteiger partial charge in [0.25, 0.3) is 5.91 Å². The van der Waals surface area contributed by atoms with Crippen LogP contribution in [0.5, 0.6) is 5.75 Å². The molecule has 0 aliphatic carbocycles. The minimum atomic E-state index is -3.80. The Hall–Kier alpha value is -3.24. The van der Waals surface area contributed by atoms with Crippen LogP contribution in [0.25, 0.3) is 0 Å². The maximum atomic E-state index is 13.2. The first-order valence-electron chi connectivity index (χ1n) is 11.2. The van der Waals surface area contributed by atoms with Crippen molar-refractivity contribution in [2.45, 2.75) is 44.1 Å². The van der Waals surface area contributed by atoms with Crippen molar-refractivity contribution in [2.75, 3.05) is 23.7 Å². The molecule has 0 radical (unpaired) electrons. The summed E-state index contributed by atoms with van der Waals surface area (Å²) < 4.78 is 33.4. The predicted octanol–water partition coefficient (Wildman–Crippen LogP) is 3.04. The van der Waals surface area contributed by atoms with Gasteiger partial charge in [0.1, 0.15) is 5.75 Å². The summed E-state index contributed by atoms with van der Waals surface area (Å²) in [5.74, 6) is -0.487. The third-order valence-electron chi connectivity index (χ3n) is 6.14. The van der Waals surface area contributed by atoms with E-state index in [2.05, 4.69) is 10.6 Å². The van der Waals surface area contributed by atoms with Crippen LogP contribution in [0.1, 0.15) is 43.5 Å². The maximum Gasteiger partial charge on any atom is 0.265 e. The highest BCUT2D eigenvalue weighted by molar-refractivity contribution is 7.89. The third-order valence-corrected chi connectivity index (χ3v) is 8.04. The van der Waals surface area contributed by atoms with E-state index in [1.807, 2.05) is 6.92 Å². The molecule has 0 bridgehead atoms. The smallest absolute Gasteiger partial charge is 0.265 e. The molecule has 1 saturated heterocycles. The summed E-state index contributed by atoms with van der Waals surface area (Å²) in [7, 11) is -3.80. The third kappa shape index (κ3) is 4.83. The number of amides is 2. The van der Waals surface area contributed by atoms with Crippen LogP contribution >= 0.6 is 0 Å². The Bertz CT molecular complexity index is 1240. The first kappa shape index (κ1) is 23.9. The van der Waals surface area contributed by atoms with E-state index in [0.29, 0.717) is 42.0 Å². The van der Waals surface area contributed by atoms with Crippen molar-refractivity contribution in [3.05, 3.63) is 48.0 Å². The average Bonchev–Trinajstić information content (AvgIpc) is 2.83. The van der Waals surface area contributed by atoms with Crippen molar-refractivity contribution in [1.82, 2.24) is 4.31 Å². The van der Waals surface area contributed by atoms with Crippen LogP contribution in [-0.2, 0) is 19.6 Å². The van der Waals surface area contributed by atoms with Gasteiger partial charge in [-0.25, -0.2) is 8.42 Å². The van der Waals surface area contributed by atoms with Gasteiger partial charge in [0.05, 0.1) is 10.6 Å². The summed E-state index contributed by atoms with van der Waals surface area (Å²) in [5.41, 5.74) is 1.38. The minimum Gasteiger partial charge on any atom is -0.478 e. The Labute approximate surface area is 198 Å². The number of piperidine rings is 1. The molecule has 2 aliphatic rings. The summed E-state index contributed by atoms with van der Waals surface area (Å²) in [6, 6.07) is 11.2. The van der Waals surface area contributed by atoms with Crippen molar-refractivity contribution in [1.29, 1.82) is 0 Å². The number of anilines is 2. The molecular formula is C24H27N3O6S. The zero-order valence-electron chi connectivity index (χ0n) is 19.0. The second kappa shape index (κ2) is 9.55. The van der Waals surface area contributed by atoms with Gasteiger partial charge in [-0.2, -0.15) is 4.31 Å². The molecule has 34 heavy (non-hydrogen) atoms. The Morgan fingerprint density at radius 3 is 2.56 bits per heavy atom. The molecular weight excluding hydrogens is 458 g/mol. The fourth-order valence-corrected chi connectivity index (χ4v) is 5.62. The van der Waals surface area contributed by atoms with Crippen molar-refractivity contribution < 1.29 is 27.5 Å². The minimum absolute atomic E-state index is 0.0639. The maximum absolute atomic E-state index is 13.2. The topological polar surface area (TPSA) is 122 Å². The molecule has 4 rings (SSSR count). The van der Waals surface area contributed by atoms with Gasteiger partial charge in [0, 0.05) is 30.3 Å². The Morgan fingerprint density at radius 2 is 1.88 bits per heavy atom. The Balaban J connectivity index is 1.40.